The highest BCUT2D eigenvalue weighted by atomic mass is 16.5. The first kappa shape index (κ1) is 21.9. The number of hydrogen-bond acceptors (Lipinski definition) is 6. The van der Waals surface area contributed by atoms with Crippen LogP contribution >= 0.6 is 0 Å². The van der Waals surface area contributed by atoms with Gasteiger partial charge in [-0.3, -0.25) is 4.79 Å². The van der Waals surface area contributed by atoms with E-state index in [1.807, 2.05) is 66.7 Å². The fourth-order valence-electron chi connectivity index (χ4n) is 4.24. The molecule has 4 aromatic rings. The van der Waals surface area contributed by atoms with Crippen LogP contribution in [-0.2, 0) is 0 Å². The molecule has 174 valence electrons. The summed E-state index contributed by atoms with van der Waals surface area (Å²) in [5.74, 6) is 1.19. The second kappa shape index (κ2) is 9.93. The van der Waals surface area contributed by atoms with Crippen LogP contribution in [0.3, 0.4) is 0 Å². The second-order valence-corrected chi connectivity index (χ2v) is 8.36. The van der Waals surface area contributed by atoms with Gasteiger partial charge in [-0.25, -0.2) is 4.52 Å². The van der Waals surface area contributed by atoms with Crippen molar-refractivity contribution in [3.63, 3.8) is 0 Å². The number of nitrogens with one attached hydrogen (secondary N) is 2. The molecule has 1 aliphatic rings. The summed E-state index contributed by atoms with van der Waals surface area (Å²) in [6, 6.07) is 21.1. The van der Waals surface area contributed by atoms with Crippen molar-refractivity contribution in [3.8, 4) is 17.0 Å². The Labute approximate surface area is 198 Å². The van der Waals surface area contributed by atoms with Gasteiger partial charge in [0.25, 0.3) is 5.91 Å². The molecule has 34 heavy (non-hydrogen) atoms. The fraction of sp³-hybridized carbons (Fsp3) is 0.269. The van der Waals surface area contributed by atoms with Crippen LogP contribution in [0.1, 0.15) is 23.2 Å². The number of hydrogen-bond donors (Lipinski definition) is 2. The van der Waals surface area contributed by atoms with E-state index in [2.05, 4.69) is 25.6 Å². The van der Waals surface area contributed by atoms with Gasteiger partial charge >= 0.3 is 0 Å². The van der Waals surface area contributed by atoms with E-state index < -0.39 is 0 Å². The number of likely N-dealkylation sites (tertiary alicyclic amines) is 1. The molecule has 1 aliphatic heterocycles. The van der Waals surface area contributed by atoms with Crippen molar-refractivity contribution in [1.82, 2.24) is 24.8 Å². The van der Waals surface area contributed by atoms with Crippen LogP contribution in [-0.4, -0.2) is 58.7 Å². The Hall–Kier alpha value is -3.91. The molecule has 0 spiro atoms. The van der Waals surface area contributed by atoms with E-state index in [0.717, 1.165) is 48.0 Å². The van der Waals surface area contributed by atoms with Gasteiger partial charge < -0.3 is 20.3 Å². The quantitative estimate of drug-likeness (QED) is 0.417. The second-order valence-electron chi connectivity index (χ2n) is 8.36. The molecule has 0 saturated carbocycles. The van der Waals surface area contributed by atoms with Gasteiger partial charge in [-0.2, -0.15) is 4.98 Å². The van der Waals surface area contributed by atoms with E-state index >= 15 is 0 Å². The van der Waals surface area contributed by atoms with Gasteiger partial charge in [0.1, 0.15) is 5.75 Å². The van der Waals surface area contributed by atoms with Crippen molar-refractivity contribution < 1.29 is 9.53 Å². The zero-order chi connectivity index (χ0) is 23.3. The summed E-state index contributed by atoms with van der Waals surface area (Å²) in [4.78, 5) is 19.6. The van der Waals surface area contributed by atoms with Crippen molar-refractivity contribution in [3.05, 3.63) is 72.3 Å². The molecule has 1 amide bonds. The normalized spacial score (nSPS) is 13.8. The average Bonchev–Trinajstić information content (AvgIpc) is 3.53. The molecule has 0 bridgehead atoms. The molecule has 8 nitrogen and oxygen atoms in total. The number of aromatic nitrogens is 3. The zero-order valence-electron chi connectivity index (χ0n) is 19.2. The van der Waals surface area contributed by atoms with E-state index in [-0.39, 0.29) is 5.91 Å². The van der Waals surface area contributed by atoms with Gasteiger partial charge in [0, 0.05) is 29.9 Å². The van der Waals surface area contributed by atoms with Crippen LogP contribution in [0.5, 0.6) is 5.75 Å². The van der Waals surface area contributed by atoms with E-state index in [1.165, 1.54) is 12.8 Å². The Bertz CT molecular complexity index is 1280. The Kier molecular flexibility index (Phi) is 6.40. The number of amides is 1. The lowest BCUT2D eigenvalue weighted by atomic mass is 10.1. The Morgan fingerprint density at radius 1 is 1.03 bits per heavy atom. The van der Waals surface area contributed by atoms with Crippen LogP contribution in [0.15, 0.2) is 66.7 Å². The molecule has 5 rings (SSSR count). The lowest BCUT2D eigenvalue weighted by molar-refractivity contribution is 0.0950. The first-order valence-electron chi connectivity index (χ1n) is 11.6. The molecule has 0 atom stereocenters. The fourth-order valence-corrected chi connectivity index (χ4v) is 4.24. The largest absolute Gasteiger partial charge is 0.497 e. The summed E-state index contributed by atoms with van der Waals surface area (Å²) in [6.07, 6.45) is 2.50. The standard InChI is InChI=1S/C26H28N6O2/c1-34-22-12-10-19(11-13-22)23-8-5-9-24-29-26(30-32(23)24)28-21-7-4-6-20(18-21)25(33)27-14-17-31-15-2-3-16-31/h4-13,18H,2-3,14-17H2,1H3,(H,27,33)(H,28,30). The van der Waals surface area contributed by atoms with E-state index in [4.69, 9.17) is 4.74 Å². The van der Waals surface area contributed by atoms with E-state index in [1.54, 1.807) is 11.6 Å². The van der Waals surface area contributed by atoms with Crippen molar-refractivity contribution in [1.29, 1.82) is 0 Å². The lowest BCUT2D eigenvalue weighted by Crippen LogP contribution is -2.33. The molecule has 0 aliphatic carbocycles. The van der Waals surface area contributed by atoms with Crippen LogP contribution in [0.2, 0.25) is 0 Å². The van der Waals surface area contributed by atoms with Gasteiger partial charge in [-0.15, -0.1) is 5.10 Å². The molecule has 2 aromatic carbocycles. The zero-order valence-corrected chi connectivity index (χ0v) is 19.2. The molecular formula is C26H28N6O2. The highest BCUT2D eigenvalue weighted by Crippen LogP contribution is 2.24. The highest BCUT2D eigenvalue weighted by molar-refractivity contribution is 5.95. The molecule has 1 fully saturated rings. The van der Waals surface area contributed by atoms with E-state index in [0.29, 0.717) is 18.1 Å². The summed E-state index contributed by atoms with van der Waals surface area (Å²) in [7, 11) is 1.65. The van der Waals surface area contributed by atoms with E-state index in [9.17, 15) is 4.79 Å². The minimum atomic E-state index is -0.0763. The number of benzene rings is 2. The van der Waals surface area contributed by atoms with Crippen molar-refractivity contribution in [2.45, 2.75) is 12.8 Å². The SMILES string of the molecule is COc1ccc(-c2cccc3nc(Nc4cccc(C(=O)NCCN5CCCC5)c4)nn23)cc1. The third-order valence-electron chi connectivity index (χ3n) is 6.04. The monoisotopic (exact) mass is 456 g/mol. The number of fused-ring (bicyclic) bond motifs is 1. The summed E-state index contributed by atoms with van der Waals surface area (Å²) < 4.78 is 7.06. The first-order valence-corrected chi connectivity index (χ1v) is 11.6. The topological polar surface area (TPSA) is 83.8 Å². The smallest absolute Gasteiger partial charge is 0.251 e. The average molecular weight is 457 g/mol. The third-order valence-corrected chi connectivity index (χ3v) is 6.04. The van der Waals surface area contributed by atoms with Gasteiger partial charge in [-0.1, -0.05) is 12.1 Å². The minimum Gasteiger partial charge on any atom is -0.497 e. The van der Waals surface area contributed by atoms with Crippen LogP contribution in [0.25, 0.3) is 16.9 Å². The van der Waals surface area contributed by atoms with Crippen LogP contribution < -0.4 is 15.4 Å². The Balaban J connectivity index is 1.29. The summed E-state index contributed by atoms with van der Waals surface area (Å²) in [6.45, 7) is 3.80. The maximum absolute atomic E-state index is 12.6. The van der Waals surface area contributed by atoms with Crippen LogP contribution in [0, 0.1) is 0 Å². The summed E-state index contributed by atoms with van der Waals surface area (Å²) in [5.41, 5.74) is 4.03. The summed E-state index contributed by atoms with van der Waals surface area (Å²) in [5, 5.41) is 10.9. The lowest BCUT2D eigenvalue weighted by Gasteiger charge is -2.14. The number of rotatable bonds is 8. The first-order chi connectivity index (χ1) is 16.7. The van der Waals surface area contributed by atoms with Crippen molar-refractivity contribution in [2.75, 3.05) is 38.6 Å². The third kappa shape index (κ3) is 4.87. The molecule has 2 N–H and O–H groups in total. The van der Waals surface area contributed by atoms with Gasteiger partial charge in [0.15, 0.2) is 5.65 Å². The number of ether oxygens (including phenoxy) is 1. The molecule has 0 radical (unpaired) electrons. The van der Waals surface area contributed by atoms with Crippen molar-refractivity contribution in [2.24, 2.45) is 0 Å². The van der Waals surface area contributed by atoms with Crippen LogP contribution in [0.4, 0.5) is 11.6 Å². The van der Waals surface area contributed by atoms with Gasteiger partial charge in [0.2, 0.25) is 5.95 Å². The van der Waals surface area contributed by atoms with Crippen molar-refractivity contribution >= 4 is 23.2 Å². The molecule has 1 saturated heterocycles. The minimum absolute atomic E-state index is 0.0763. The molecule has 2 aromatic heterocycles. The van der Waals surface area contributed by atoms with Gasteiger partial charge in [0.05, 0.1) is 12.8 Å². The van der Waals surface area contributed by atoms with Gasteiger partial charge in [-0.05, 0) is 80.5 Å². The molecule has 8 heteroatoms. The highest BCUT2D eigenvalue weighted by Gasteiger charge is 2.13. The number of carbonyl (C=O) groups is 1. The predicted molar refractivity (Wildman–Crippen MR) is 133 cm³/mol. The number of nitrogens with zero attached hydrogens (tertiary/aromatic N) is 4. The predicted octanol–water partition coefficient (Wildman–Crippen LogP) is 3.97. The summed E-state index contributed by atoms with van der Waals surface area (Å²) >= 11 is 0. The number of pyridine rings is 1. The molecule has 3 heterocycles. The Morgan fingerprint density at radius 3 is 2.62 bits per heavy atom. The number of anilines is 2. The Morgan fingerprint density at radius 2 is 1.82 bits per heavy atom. The maximum Gasteiger partial charge on any atom is 0.251 e. The maximum atomic E-state index is 12.6. The number of methoxy groups -OCH3 is 1. The molecular weight excluding hydrogens is 428 g/mol. The number of carbonyl (C=O) groups excluding carboxylic acids is 1. The molecule has 0 unspecified atom stereocenters.